The summed E-state index contributed by atoms with van der Waals surface area (Å²) in [4.78, 5) is 2.51. The summed E-state index contributed by atoms with van der Waals surface area (Å²) >= 11 is 0. The van der Waals surface area contributed by atoms with Gasteiger partial charge in [-0.15, -0.1) is 0 Å². The minimum atomic E-state index is 0.736. The van der Waals surface area contributed by atoms with Crippen LogP contribution in [0.3, 0.4) is 0 Å². The van der Waals surface area contributed by atoms with Crippen LogP contribution >= 0.6 is 0 Å². The van der Waals surface area contributed by atoms with E-state index in [2.05, 4.69) is 18.0 Å². The second kappa shape index (κ2) is 6.80. The van der Waals surface area contributed by atoms with Crippen molar-refractivity contribution >= 4 is 5.69 Å². The fourth-order valence-electron chi connectivity index (χ4n) is 2.95. The van der Waals surface area contributed by atoms with Crippen molar-refractivity contribution in [1.82, 2.24) is 4.90 Å². The third-order valence-electron chi connectivity index (χ3n) is 4.25. The van der Waals surface area contributed by atoms with E-state index in [1.807, 2.05) is 12.1 Å². The summed E-state index contributed by atoms with van der Waals surface area (Å²) in [6.45, 7) is 1.11. The Hall–Kier alpha value is -1.22. The van der Waals surface area contributed by atoms with Crippen LogP contribution in [-0.2, 0) is 6.42 Å². The quantitative estimate of drug-likeness (QED) is 0.829. The summed E-state index contributed by atoms with van der Waals surface area (Å²) in [5.74, 6) is 0.768. The smallest absolute Gasteiger partial charge is 0.141 e. The Morgan fingerprint density at radius 2 is 2.00 bits per heavy atom. The largest absolute Gasteiger partial charge is 0.495 e. The van der Waals surface area contributed by atoms with Crippen LogP contribution in [0, 0.1) is 0 Å². The molecule has 0 atom stereocenters. The lowest BCUT2D eigenvalue weighted by Gasteiger charge is -2.31. The van der Waals surface area contributed by atoms with E-state index in [9.17, 15) is 0 Å². The van der Waals surface area contributed by atoms with Gasteiger partial charge < -0.3 is 15.4 Å². The van der Waals surface area contributed by atoms with E-state index in [-0.39, 0.29) is 0 Å². The first-order valence-electron chi connectivity index (χ1n) is 7.33. The Morgan fingerprint density at radius 3 is 2.63 bits per heavy atom. The van der Waals surface area contributed by atoms with Crippen molar-refractivity contribution in [3.8, 4) is 5.75 Å². The zero-order valence-electron chi connectivity index (χ0n) is 12.2. The van der Waals surface area contributed by atoms with E-state index in [1.54, 1.807) is 7.11 Å². The molecular formula is C16H26N2O. The first-order chi connectivity index (χ1) is 9.20. The van der Waals surface area contributed by atoms with E-state index in [1.165, 1.54) is 37.7 Å². The number of nitrogen functional groups attached to an aromatic ring is 1. The highest BCUT2D eigenvalue weighted by Gasteiger charge is 2.17. The Balaban J connectivity index is 1.85. The maximum Gasteiger partial charge on any atom is 0.141 e. The normalized spacial score (nSPS) is 16.8. The Labute approximate surface area is 116 Å². The number of methoxy groups -OCH3 is 1. The van der Waals surface area contributed by atoms with Gasteiger partial charge in [0.05, 0.1) is 12.8 Å². The van der Waals surface area contributed by atoms with E-state index < -0.39 is 0 Å². The van der Waals surface area contributed by atoms with Crippen molar-refractivity contribution in [3.05, 3.63) is 23.8 Å². The molecule has 19 heavy (non-hydrogen) atoms. The SMILES string of the molecule is COc1ccc(CCN(C)C2CCCCC2)cc1N. The molecule has 0 aliphatic heterocycles. The molecule has 1 fully saturated rings. The molecule has 1 saturated carbocycles. The number of nitrogens with two attached hydrogens (primary N) is 1. The molecule has 2 rings (SSSR count). The molecule has 106 valence electrons. The highest BCUT2D eigenvalue weighted by Crippen LogP contribution is 2.24. The average molecular weight is 262 g/mol. The lowest BCUT2D eigenvalue weighted by atomic mass is 9.94. The number of rotatable bonds is 5. The van der Waals surface area contributed by atoms with Crippen LogP contribution in [0.15, 0.2) is 18.2 Å². The van der Waals surface area contributed by atoms with E-state index in [4.69, 9.17) is 10.5 Å². The predicted octanol–water partition coefficient (Wildman–Crippen LogP) is 3.08. The van der Waals surface area contributed by atoms with Crippen LogP contribution in [0.5, 0.6) is 5.75 Å². The topological polar surface area (TPSA) is 38.5 Å². The molecule has 2 N–H and O–H groups in total. The third kappa shape index (κ3) is 3.87. The molecule has 1 aromatic carbocycles. The van der Waals surface area contributed by atoms with Crippen molar-refractivity contribution in [3.63, 3.8) is 0 Å². The summed E-state index contributed by atoms with van der Waals surface area (Å²) in [5, 5.41) is 0. The summed E-state index contributed by atoms with van der Waals surface area (Å²) in [5.41, 5.74) is 7.97. The van der Waals surface area contributed by atoms with Gasteiger partial charge in [0.15, 0.2) is 0 Å². The van der Waals surface area contributed by atoms with Gasteiger partial charge in [-0.3, -0.25) is 0 Å². The second-order valence-corrected chi connectivity index (χ2v) is 5.60. The molecule has 0 unspecified atom stereocenters. The van der Waals surface area contributed by atoms with Gasteiger partial charge in [0, 0.05) is 12.6 Å². The molecule has 0 heterocycles. The van der Waals surface area contributed by atoms with Crippen LogP contribution < -0.4 is 10.5 Å². The Morgan fingerprint density at radius 1 is 1.26 bits per heavy atom. The van der Waals surface area contributed by atoms with Gasteiger partial charge in [-0.1, -0.05) is 25.3 Å². The molecule has 1 aliphatic carbocycles. The average Bonchev–Trinajstić information content (AvgIpc) is 2.46. The lowest BCUT2D eigenvalue weighted by Crippen LogP contribution is -2.34. The van der Waals surface area contributed by atoms with Crippen molar-refractivity contribution in [2.24, 2.45) is 0 Å². The zero-order valence-corrected chi connectivity index (χ0v) is 12.2. The third-order valence-corrected chi connectivity index (χ3v) is 4.25. The zero-order chi connectivity index (χ0) is 13.7. The number of hydrogen-bond acceptors (Lipinski definition) is 3. The monoisotopic (exact) mass is 262 g/mol. The second-order valence-electron chi connectivity index (χ2n) is 5.60. The van der Waals surface area contributed by atoms with Crippen molar-refractivity contribution < 1.29 is 4.74 Å². The molecule has 0 amide bonds. The number of anilines is 1. The van der Waals surface area contributed by atoms with Gasteiger partial charge in [-0.25, -0.2) is 0 Å². The fourth-order valence-corrected chi connectivity index (χ4v) is 2.95. The Kier molecular flexibility index (Phi) is 5.08. The molecule has 0 aromatic heterocycles. The molecule has 0 saturated heterocycles. The summed E-state index contributed by atoms with van der Waals surface area (Å²) in [6, 6.07) is 6.90. The van der Waals surface area contributed by atoms with E-state index in [0.29, 0.717) is 0 Å². The van der Waals surface area contributed by atoms with Crippen molar-refractivity contribution in [1.29, 1.82) is 0 Å². The number of ether oxygens (including phenoxy) is 1. The van der Waals surface area contributed by atoms with E-state index in [0.717, 1.165) is 30.4 Å². The molecular weight excluding hydrogens is 236 g/mol. The van der Waals surface area contributed by atoms with Crippen LogP contribution in [0.4, 0.5) is 5.69 Å². The highest BCUT2D eigenvalue weighted by molar-refractivity contribution is 5.54. The molecule has 0 bridgehead atoms. The van der Waals surface area contributed by atoms with Crippen molar-refractivity contribution in [2.45, 2.75) is 44.6 Å². The van der Waals surface area contributed by atoms with Crippen LogP contribution in [-0.4, -0.2) is 31.6 Å². The van der Waals surface area contributed by atoms with Crippen LogP contribution in [0.25, 0.3) is 0 Å². The van der Waals surface area contributed by atoms with Gasteiger partial charge in [-0.05, 0) is 44.0 Å². The number of benzene rings is 1. The van der Waals surface area contributed by atoms with Gasteiger partial charge in [-0.2, -0.15) is 0 Å². The Bertz CT molecular complexity index is 400. The van der Waals surface area contributed by atoms with E-state index >= 15 is 0 Å². The summed E-state index contributed by atoms with van der Waals surface area (Å²) < 4.78 is 5.19. The molecule has 0 spiro atoms. The van der Waals surface area contributed by atoms with Gasteiger partial charge in [0.2, 0.25) is 0 Å². The molecule has 3 nitrogen and oxygen atoms in total. The molecule has 0 radical (unpaired) electrons. The van der Waals surface area contributed by atoms with Gasteiger partial charge in [0.25, 0.3) is 0 Å². The van der Waals surface area contributed by atoms with Crippen molar-refractivity contribution in [2.75, 3.05) is 26.4 Å². The number of hydrogen-bond donors (Lipinski definition) is 1. The van der Waals surface area contributed by atoms with Crippen LogP contribution in [0.1, 0.15) is 37.7 Å². The maximum atomic E-state index is 5.94. The molecule has 1 aliphatic rings. The maximum absolute atomic E-state index is 5.94. The minimum Gasteiger partial charge on any atom is -0.495 e. The number of nitrogens with zero attached hydrogens (tertiary/aromatic N) is 1. The highest BCUT2D eigenvalue weighted by atomic mass is 16.5. The standard InChI is InChI=1S/C16H26N2O/c1-18(14-6-4-3-5-7-14)11-10-13-8-9-16(19-2)15(17)12-13/h8-9,12,14H,3-7,10-11,17H2,1-2H3. The fraction of sp³-hybridized carbons (Fsp3) is 0.625. The summed E-state index contributed by atoms with van der Waals surface area (Å²) in [6.07, 6.45) is 7.98. The summed E-state index contributed by atoms with van der Waals surface area (Å²) in [7, 11) is 3.91. The van der Waals surface area contributed by atoms with Crippen LogP contribution in [0.2, 0.25) is 0 Å². The first kappa shape index (κ1) is 14.2. The van der Waals surface area contributed by atoms with Gasteiger partial charge in [0.1, 0.15) is 5.75 Å². The molecule has 3 heteroatoms. The number of likely N-dealkylation sites (N-methyl/N-ethyl adjacent to an activating group) is 1. The van der Waals surface area contributed by atoms with Gasteiger partial charge >= 0.3 is 0 Å². The minimum absolute atomic E-state index is 0.736. The first-order valence-corrected chi connectivity index (χ1v) is 7.33. The predicted molar refractivity (Wildman–Crippen MR) is 80.6 cm³/mol. The molecule has 1 aromatic rings. The lowest BCUT2D eigenvalue weighted by molar-refractivity contribution is 0.194.